The van der Waals surface area contributed by atoms with Crippen molar-refractivity contribution in [2.24, 2.45) is 11.3 Å². The van der Waals surface area contributed by atoms with Crippen molar-refractivity contribution in [1.29, 1.82) is 0 Å². The second-order valence-electron chi connectivity index (χ2n) is 15.5. The Labute approximate surface area is 332 Å². The summed E-state index contributed by atoms with van der Waals surface area (Å²) in [6, 6.07) is 3.33. The van der Waals surface area contributed by atoms with Gasteiger partial charge in [-0.1, -0.05) is 71.6 Å². The molecule has 2 aliphatic heterocycles. The van der Waals surface area contributed by atoms with E-state index in [0.29, 0.717) is 12.8 Å². The van der Waals surface area contributed by atoms with Crippen molar-refractivity contribution in [1.82, 2.24) is 35.5 Å². The van der Waals surface area contributed by atoms with Gasteiger partial charge in [0.1, 0.15) is 29.9 Å². The molecular weight excluding hydrogens is 763 g/mol. The summed E-state index contributed by atoms with van der Waals surface area (Å²) in [5.74, 6) is -1.36. The zero-order valence-corrected chi connectivity index (χ0v) is 34.4. The third-order valence-corrected chi connectivity index (χ3v) is 15.0. The minimum absolute atomic E-state index is 0.0750. The fraction of sp³-hybridized carbons (Fsp3) is 0.605. The highest BCUT2D eigenvalue weighted by Crippen LogP contribution is 2.50. The molecule has 1 aromatic carbocycles. The minimum Gasteiger partial charge on any atom is -0.342 e. The molecule has 0 unspecified atom stereocenters. The molecule has 1 spiro atoms. The first kappa shape index (κ1) is 42.4. The molecule has 4 atom stereocenters. The topological polar surface area (TPSA) is 197 Å². The van der Waals surface area contributed by atoms with E-state index in [-0.39, 0.29) is 29.5 Å². The fourth-order valence-corrected chi connectivity index (χ4v) is 11.8. The van der Waals surface area contributed by atoms with Gasteiger partial charge in [0.15, 0.2) is 0 Å². The second-order valence-corrected chi connectivity index (χ2v) is 20.4. The molecule has 1 aromatic heterocycles. The van der Waals surface area contributed by atoms with Gasteiger partial charge in [-0.2, -0.15) is 0 Å². The Kier molecular flexibility index (Phi) is 14.3. The van der Waals surface area contributed by atoms with Gasteiger partial charge in [-0.25, -0.2) is 18.1 Å². The van der Waals surface area contributed by atoms with Crippen molar-refractivity contribution in [3.63, 3.8) is 0 Å². The zero-order valence-electron chi connectivity index (χ0n) is 31.9. The maximum atomic E-state index is 14.8. The van der Waals surface area contributed by atoms with Gasteiger partial charge in [-0.05, 0) is 60.7 Å². The summed E-state index contributed by atoms with van der Waals surface area (Å²) in [6.07, 6.45) is 10.5. The number of thioether (sulfide) groups is 2. The Hall–Kier alpha value is -3.70. The molecule has 3 aliphatic rings. The molecule has 5 rings (SSSR count). The molecule has 0 bridgehead atoms. The molecule has 1 aliphatic carbocycles. The van der Waals surface area contributed by atoms with E-state index in [1.807, 2.05) is 27.7 Å². The number of sulfonamides is 1. The average Bonchev–Trinajstić information content (AvgIpc) is 3.54. The van der Waals surface area contributed by atoms with E-state index >= 15 is 0 Å². The van der Waals surface area contributed by atoms with Crippen molar-refractivity contribution in [3.8, 4) is 0 Å². The van der Waals surface area contributed by atoms with Gasteiger partial charge in [0.25, 0.3) is 21.8 Å². The summed E-state index contributed by atoms with van der Waals surface area (Å²) in [4.78, 5) is 79.6. The van der Waals surface area contributed by atoms with Crippen LogP contribution in [0.1, 0.15) is 96.0 Å². The summed E-state index contributed by atoms with van der Waals surface area (Å²) in [6.45, 7) is 7.57. The Morgan fingerprint density at radius 2 is 1.62 bits per heavy atom. The average molecular weight is 816 g/mol. The standard InChI is InChI=1S/C38H53N7O7S3/c1-5-13-27(33(47)44-55(51,52)26-16-10-7-11-17-26)41-34(48)29-22-38(53-20-12-21-54-38)24-45(29)36(50)31(37(2,3)4)43-35(49)30(25-14-8-6-9-15-25)42-32(46)28-23-39-18-19-40-28/h7,10-11,16-19,23,25,27,29-31H,5-6,8-9,12-15,20-22,24H2,1-4H3,(H,41,48)(H,42,46)(H,43,49)(H,44,47)/t27-,29-,30-,31+/m0/s1. The number of likely N-dealkylation sites (tertiary alicyclic amines) is 1. The normalized spacial score (nSPS) is 20.5. The quantitative estimate of drug-likeness (QED) is 0.231. The van der Waals surface area contributed by atoms with E-state index in [1.54, 1.807) is 41.7 Å². The zero-order chi connectivity index (χ0) is 39.8. The van der Waals surface area contributed by atoms with Crippen LogP contribution in [0.2, 0.25) is 0 Å². The molecule has 2 saturated heterocycles. The first-order valence-corrected chi connectivity index (χ1v) is 22.5. The fourth-order valence-electron chi connectivity index (χ4n) is 7.36. The van der Waals surface area contributed by atoms with Gasteiger partial charge >= 0.3 is 0 Å². The number of nitrogens with one attached hydrogen (secondary N) is 4. The number of rotatable bonds is 13. The highest BCUT2D eigenvalue weighted by Gasteiger charge is 2.53. The van der Waals surface area contributed by atoms with E-state index in [9.17, 15) is 32.4 Å². The van der Waals surface area contributed by atoms with E-state index in [2.05, 4.69) is 30.6 Å². The number of hydrogen-bond donors (Lipinski definition) is 4. The lowest BCUT2D eigenvalue weighted by Gasteiger charge is -2.38. The third-order valence-electron chi connectivity index (χ3n) is 10.3. The van der Waals surface area contributed by atoms with Crippen LogP contribution in [0.15, 0.2) is 53.8 Å². The molecule has 0 radical (unpaired) electrons. The lowest BCUT2D eigenvalue weighted by molar-refractivity contribution is -0.144. The highest BCUT2D eigenvalue weighted by atomic mass is 32.2. The van der Waals surface area contributed by atoms with Gasteiger partial charge < -0.3 is 20.9 Å². The van der Waals surface area contributed by atoms with Crippen molar-refractivity contribution in [3.05, 3.63) is 54.6 Å². The van der Waals surface area contributed by atoms with Crippen molar-refractivity contribution < 1.29 is 32.4 Å². The number of carbonyl (C=O) groups is 5. The summed E-state index contributed by atoms with van der Waals surface area (Å²) >= 11 is 3.41. The minimum atomic E-state index is -4.20. The van der Waals surface area contributed by atoms with E-state index in [4.69, 9.17) is 0 Å². The maximum absolute atomic E-state index is 14.8. The number of amides is 5. The van der Waals surface area contributed by atoms with Crippen molar-refractivity contribution >= 4 is 63.1 Å². The summed E-state index contributed by atoms with van der Waals surface area (Å²) in [5, 5.41) is 8.67. The van der Waals surface area contributed by atoms with Crippen molar-refractivity contribution in [2.45, 2.75) is 119 Å². The third kappa shape index (κ3) is 10.8. The van der Waals surface area contributed by atoms with Crippen LogP contribution in [0.25, 0.3) is 0 Å². The number of hydrogen-bond acceptors (Lipinski definition) is 11. The van der Waals surface area contributed by atoms with Crippen LogP contribution in [-0.4, -0.2) is 99.1 Å². The van der Waals surface area contributed by atoms with Gasteiger partial charge in [0.05, 0.1) is 15.2 Å². The predicted molar refractivity (Wildman–Crippen MR) is 212 cm³/mol. The number of benzene rings is 1. The molecule has 17 heteroatoms. The molecule has 3 heterocycles. The van der Waals surface area contributed by atoms with E-state index in [0.717, 1.165) is 50.0 Å². The SMILES string of the molecule is CCC[C@H](NC(=O)[C@@H]1CC2(CN1C(=O)[C@@H](NC(=O)[C@@H](NC(=O)c1cnccn1)C1CCCCC1)C(C)(C)C)SCCCS2)C(=O)NS(=O)(=O)c1ccccc1. The smallest absolute Gasteiger partial charge is 0.272 e. The van der Waals surface area contributed by atoms with E-state index < -0.39 is 73.2 Å². The lowest BCUT2D eigenvalue weighted by atomic mass is 9.82. The molecule has 5 amide bonds. The molecule has 300 valence electrons. The lowest BCUT2D eigenvalue weighted by Crippen LogP contribution is -2.62. The molecule has 14 nitrogen and oxygen atoms in total. The van der Waals surface area contributed by atoms with E-state index in [1.165, 1.54) is 35.6 Å². The van der Waals surface area contributed by atoms with Crippen LogP contribution in [-0.2, 0) is 29.2 Å². The second kappa shape index (κ2) is 18.5. The molecule has 4 N–H and O–H groups in total. The Morgan fingerprint density at radius 1 is 0.927 bits per heavy atom. The number of nitrogens with zero attached hydrogens (tertiary/aromatic N) is 3. The molecule has 2 aromatic rings. The molecular formula is C38H53N7O7S3. The van der Waals surface area contributed by atoms with Crippen LogP contribution < -0.4 is 20.7 Å². The van der Waals surface area contributed by atoms with Gasteiger partial charge in [-0.15, -0.1) is 23.5 Å². The van der Waals surface area contributed by atoms with Crippen LogP contribution in [0.3, 0.4) is 0 Å². The predicted octanol–water partition coefficient (Wildman–Crippen LogP) is 3.64. The van der Waals surface area contributed by atoms with Crippen LogP contribution in [0.5, 0.6) is 0 Å². The number of aromatic nitrogens is 2. The molecule has 55 heavy (non-hydrogen) atoms. The Morgan fingerprint density at radius 3 is 2.24 bits per heavy atom. The largest absolute Gasteiger partial charge is 0.342 e. The maximum Gasteiger partial charge on any atom is 0.272 e. The summed E-state index contributed by atoms with van der Waals surface area (Å²) in [5.41, 5.74) is -0.732. The van der Waals surface area contributed by atoms with Crippen LogP contribution in [0.4, 0.5) is 0 Å². The Bertz CT molecular complexity index is 1780. The number of carbonyl (C=O) groups excluding carboxylic acids is 5. The van der Waals surface area contributed by atoms with Gasteiger partial charge in [0.2, 0.25) is 17.7 Å². The molecule has 3 fully saturated rings. The first-order chi connectivity index (χ1) is 26.1. The van der Waals surface area contributed by atoms with Crippen LogP contribution >= 0.6 is 23.5 Å². The first-order valence-electron chi connectivity index (χ1n) is 19.0. The Balaban J connectivity index is 1.39. The van der Waals surface area contributed by atoms with Gasteiger partial charge in [-0.3, -0.25) is 29.0 Å². The summed E-state index contributed by atoms with van der Waals surface area (Å²) < 4.78 is 27.7. The van der Waals surface area contributed by atoms with Crippen molar-refractivity contribution in [2.75, 3.05) is 18.1 Å². The highest BCUT2D eigenvalue weighted by molar-refractivity contribution is 8.18. The monoisotopic (exact) mass is 815 g/mol. The van der Waals surface area contributed by atoms with Gasteiger partial charge in [0, 0.05) is 25.4 Å². The molecule has 1 saturated carbocycles. The van der Waals surface area contributed by atoms with Crippen LogP contribution in [0, 0.1) is 11.3 Å². The summed E-state index contributed by atoms with van der Waals surface area (Å²) in [7, 11) is -4.20.